The number of nitrogens with zero attached hydrogens (tertiary/aromatic N) is 1. The Morgan fingerprint density at radius 1 is 1.47 bits per heavy atom. The Morgan fingerprint density at radius 2 is 2.11 bits per heavy atom. The van der Waals surface area contributed by atoms with Crippen molar-refractivity contribution in [1.29, 1.82) is 0 Å². The second-order valence-electron chi connectivity index (χ2n) is 4.61. The molecule has 2 unspecified atom stereocenters. The molecule has 2 atom stereocenters. The summed E-state index contributed by atoms with van der Waals surface area (Å²) >= 11 is 1.64. The Labute approximate surface area is 117 Å². The van der Waals surface area contributed by atoms with E-state index < -0.39 is 12.0 Å². The van der Waals surface area contributed by atoms with Gasteiger partial charge in [-0.15, -0.1) is 11.3 Å². The number of hydrogen-bond acceptors (Lipinski definition) is 4. The lowest BCUT2D eigenvalue weighted by molar-refractivity contribution is -0.137. The van der Waals surface area contributed by atoms with Gasteiger partial charge in [0, 0.05) is 23.2 Å². The molecule has 1 aromatic rings. The van der Waals surface area contributed by atoms with Crippen LogP contribution in [0.25, 0.3) is 0 Å². The maximum atomic E-state index is 12.1. The van der Waals surface area contributed by atoms with Crippen molar-refractivity contribution in [2.45, 2.75) is 38.8 Å². The van der Waals surface area contributed by atoms with E-state index >= 15 is 0 Å². The first-order chi connectivity index (χ1) is 8.82. The minimum Gasteiger partial charge on any atom is -0.481 e. The molecule has 1 aromatic heterocycles. The average molecular weight is 284 g/mol. The summed E-state index contributed by atoms with van der Waals surface area (Å²) in [6.45, 7) is 3.95. The van der Waals surface area contributed by atoms with Crippen molar-refractivity contribution in [2.75, 3.05) is 7.05 Å². The summed E-state index contributed by atoms with van der Waals surface area (Å²) < 4.78 is 0. The lowest BCUT2D eigenvalue weighted by Gasteiger charge is -2.26. The first-order valence-corrected chi connectivity index (χ1v) is 6.95. The first kappa shape index (κ1) is 15.7. The molecule has 0 aliphatic carbocycles. The van der Waals surface area contributed by atoms with Crippen LogP contribution in [0.3, 0.4) is 0 Å². The van der Waals surface area contributed by atoms with Crippen LogP contribution in [0, 0.1) is 6.92 Å². The quantitative estimate of drug-likeness (QED) is 0.834. The molecule has 0 spiro atoms. The highest BCUT2D eigenvalue weighted by Gasteiger charge is 2.24. The molecule has 0 radical (unpaired) electrons. The minimum atomic E-state index is -0.937. The summed E-state index contributed by atoms with van der Waals surface area (Å²) in [5, 5.41) is 8.59. The van der Waals surface area contributed by atoms with Gasteiger partial charge in [0.25, 0.3) is 0 Å². The molecule has 0 aromatic carbocycles. The number of hydrogen-bond donors (Lipinski definition) is 2. The SMILES string of the molecule is Cc1ccc(C(C)N(C)C(=O)C(N)CCC(=O)O)s1. The Balaban J connectivity index is 2.63. The van der Waals surface area contributed by atoms with Gasteiger partial charge in [0.15, 0.2) is 0 Å². The van der Waals surface area contributed by atoms with Gasteiger partial charge in [-0.2, -0.15) is 0 Å². The third-order valence-electron chi connectivity index (χ3n) is 3.09. The van der Waals surface area contributed by atoms with Gasteiger partial charge in [-0.25, -0.2) is 0 Å². The fourth-order valence-corrected chi connectivity index (χ4v) is 2.70. The van der Waals surface area contributed by atoms with E-state index in [1.807, 2.05) is 26.0 Å². The van der Waals surface area contributed by atoms with Crippen LogP contribution in [-0.4, -0.2) is 35.0 Å². The lowest BCUT2D eigenvalue weighted by atomic mass is 10.1. The lowest BCUT2D eigenvalue weighted by Crippen LogP contribution is -2.42. The Morgan fingerprint density at radius 3 is 2.58 bits per heavy atom. The number of likely N-dealkylation sites (N-methyl/N-ethyl adjacent to an activating group) is 1. The zero-order valence-corrected chi connectivity index (χ0v) is 12.2. The van der Waals surface area contributed by atoms with Crippen molar-refractivity contribution in [1.82, 2.24) is 4.90 Å². The van der Waals surface area contributed by atoms with Crippen molar-refractivity contribution in [3.8, 4) is 0 Å². The van der Waals surface area contributed by atoms with Crippen LogP contribution in [0.5, 0.6) is 0 Å². The third-order valence-corrected chi connectivity index (χ3v) is 4.26. The summed E-state index contributed by atoms with van der Waals surface area (Å²) in [6.07, 6.45) is 0.0714. The second-order valence-corrected chi connectivity index (χ2v) is 5.93. The van der Waals surface area contributed by atoms with Crippen LogP contribution < -0.4 is 5.73 Å². The standard InChI is InChI=1S/C13H20N2O3S/c1-8-4-6-11(19-8)9(2)15(3)13(18)10(14)5-7-12(16)17/h4,6,9-10H,5,7,14H2,1-3H3,(H,16,17). The molecular formula is C13H20N2O3S. The predicted octanol–water partition coefficient (Wildman–Crippen LogP) is 1.77. The van der Waals surface area contributed by atoms with Gasteiger partial charge in [0.05, 0.1) is 12.1 Å². The van der Waals surface area contributed by atoms with Gasteiger partial charge in [0.1, 0.15) is 0 Å². The molecule has 3 N–H and O–H groups in total. The number of amides is 1. The molecule has 0 fully saturated rings. The summed E-state index contributed by atoms with van der Waals surface area (Å²) in [5.74, 6) is -1.16. The highest BCUT2D eigenvalue weighted by atomic mass is 32.1. The van der Waals surface area contributed by atoms with E-state index in [0.29, 0.717) is 0 Å². The summed E-state index contributed by atoms with van der Waals surface area (Å²) in [7, 11) is 1.70. The number of carboxylic acid groups (broad SMARTS) is 1. The fourth-order valence-electron chi connectivity index (χ4n) is 1.72. The van der Waals surface area contributed by atoms with Crippen LogP contribution in [0.4, 0.5) is 0 Å². The maximum Gasteiger partial charge on any atom is 0.303 e. The Bertz CT molecular complexity index is 458. The molecule has 0 aliphatic rings. The van der Waals surface area contributed by atoms with Crippen molar-refractivity contribution >= 4 is 23.2 Å². The van der Waals surface area contributed by atoms with Crippen LogP contribution >= 0.6 is 11.3 Å². The summed E-state index contributed by atoms with van der Waals surface area (Å²) in [5.41, 5.74) is 5.74. The minimum absolute atomic E-state index is 0.0536. The van der Waals surface area contributed by atoms with Crippen molar-refractivity contribution in [3.63, 3.8) is 0 Å². The average Bonchev–Trinajstić information content (AvgIpc) is 2.79. The van der Waals surface area contributed by atoms with Crippen molar-refractivity contribution < 1.29 is 14.7 Å². The smallest absolute Gasteiger partial charge is 0.303 e. The molecule has 6 heteroatoms. The van der Waals surface area contributed by atoms with Crippen LogP contribution in [0.1, 0.15) is 35.6 Å². The van der Waals surface area contributed by atoms with E-state index in [1.54, 1.807) is 23.3 Å². The summed E-state index contributed by atoms with van der Waals surface area (Å²) in [6, 6.07) is 3.20. The van der Waals surface area contributed by atoms with E-state index in [-0.39, 0.29) is 24.8 Å². The van der Waals surface area contributed by atoms with Gasteiger partial charge in [-0.1, -0.05) is 0 Å². The van der Waals surface area contributed by atoms with Gasteiger partial charge >= 0.3 is 5.97 Å². The predicted molar refractivity (Wildman–Crippen MR) is 75.1 cm³/mol. The summed E-state index contributed by atoms with van der Waals surface area (Å²) in [4.78, 5) is 26.4. The molecule has 0 saturated heterocycles. The topological polar surface area (TPSA) is 83.6 Å². The number of nitrogens with two attached hydrogens (primary N) is 1. The number of thiophene rings is 1. The van der Waals surface area contributed by atoms with Gasteiger partial charge in [-0.05, 0) is 32.4 Å². The molecule has 1 heterocycles. The van der Waals surface area contributed by atoms with E-state index in [2.05, 4.69) is 0 Å². The zero-order chi connectivity index (χ0) is 14.6. The zero-order valence-electron chi connectivity index (χ0n) is 11.4. The molecule has 1 rings (SSSR count). The Hall–Kier alpha value is -1.40. The van der Waals surface area contributed by atoms with Gasteiger partial charge in [0.2, 0.25) is 5.91 Å². The van der Waals surface area contributed by atoms with Gasteiger partial charge < -0.3 is 15.7 Å². The Kier molecular flexibility index (Phi) is 5.50. The molecule has 106 valence electrons. The van der Waals surface area contributed by atoms with Crippen LogP contribution in [0.2, 0.25) is 0 Å². The highest BCUT2D eigenvalue weighted by Crippen LogP contribution is 2.26. The van der Waals surface area contributed by atoms with Crippen molar-refractivity contribution in [3.05, 3.63) is 21.9 Å². The maximum absolute atomic E-state index is 12.1. The number of carboxylic acids is 1. The molecular weight excluding hydrogens is 264 g/mol. The van der Waals surface area contributed by atoms with Gasteiger partial charge in [-0.3, -0.25) is 9.59 Å². The highest BCUT2D eigenvalue weighted by molar-refractivity contribution is 7.12. The molecule has 19 heavy (non-hydrogen) atoms. The number of rotatable bonds is 6. The van der Waals surface area contributed by atoms with E-state index in [0.717, 1.165) is 4.88 Å². The van der Waals surface area contributed by atoms with Crippen LogP contribution in [0.15, 0.2) is 12.1 Å². The number of aliphatic carboxylic acids is 1. The van der Waals surface area contributed by atoms with E-state index in [1.165, 1.54) is 4.88 Å². The molecule has 0 bridgehead atoms. The molecule has 0 saturated carbocycles. The first-order valence-electron chi connectivity index (χ1n) is 6.13. The number of carbonyl (C=O) groups excluding carboxylic acids is 1. The van der Waals surface area contributed by atoms with E-state index in [4.69, 9.17) is 10.8 Å². The molecule has 0 aliphatic heterocycles. The largest absolute Gasteiger partial charge is 0.481 e. The normalized spacial score (nSPS) is 13.9. The van der Waals surface area contributed by atoms with E-state index in [9.17, 15) is 9.59 Å². The fraction of sp³-hybridized carbons (Fsp3) is 0.538. The van der Waals surface area contributed by atoms with Crippen LogP contribution in [-0.2, 0) is 9.59 Å². The monoisotopic (exact) mass is 284 g/mol. The number of carbonyl (C=O) groups is 2. The second kappa shape index (κ2) is 6.68. The number of aryl methyl sites for hydroxylation is 1. The van der Waals surface area contributed by atoms with Crippen molar-refractivity contribution in [2.24, 2.45) is 5.73 Å². The molecule has 1 amide bonds. The third kappa shape index (κ3) is 4.33. The molecule has 5 nitrogen and oxygen atoms in total.